The van der Waals surface area contributed by atoms with Crippen molar-refractivity contribution < 1.29 is 9.72 Å². The molecular formula is C23H17N5O3. The standard InChI is InChI=1S/C23H17N5O3/c29-23-21-19(20(25-26-21)16-7-2-1-3-8-16)22(17-9-4-10-18(12-17)28(30)31)27(23)14-15-6-5-11-24-13-15/h1-13,22H,14H2,(H,25,26). The van der Waals surface area contributed by atoms with Gasteiger partial charge in [-0.25, -0.2) is 0 Å². The highest BCUT2D eigenvalue weighted by molar-refractivity contribution is 6.00. The minimum absolute atomic E-state index is 0.0236. The quantitative estimate of drug-likeness (QED) is 0.393. The SMILES string of the molecule is O=C1c2[nH]nc(-c3ccccc3)c2C(c2cccc([N+](=O)[O-])c2)N1Cc1cccnc1. The Morgan fingerprint density at radius 3 is 2.65 bits per heavy atom. The zero-order valence-corrected chi connectivity index (χ0v) is 16.3. The molecule has 152 valence electrons. The number of benzene rings is 2. The first-order valence-corrected chi connectivity index (χ1v) is 9.71. The van der Waals surface area contributed by atoms with E-state index in [0.717, 1.165) is 16.7 Å². The number of carbonyl (C=O) groups excluding carboxylic acids is 1. The van der Waals surface area contributed by atoms with Crippen LogP contribution in [0.25, 0.3) is 11.3 Å². The van der Waals surface area contributed by atoms with E-state index in [4.69, 9.17) is 0 Å². The number of aromatic amines is 1. The van der Waals surface area contributed by atoms with Crippen LogP contribution in [0.2, 0.25) is 0 Å². The zero-order chi connectivity index (χ0) is 21.4. The first-order chi connectivity index (χ1) is 15.1. The molecule has 4 aromatic rings. The van der Waals surface area contributed by atoms with Crippen molar-refractivity contribution in [3.05, 3.63) is 112 Å². The summed E-state index contributed by atoms with van der Waals surface area (Å²) < 4.78 is 0. The lowest BCUT2D eigenvalue weighted by Crippen LogP contribution is -2.29. The summed E-state index contributed by atoms with van der Waals surface area (Å²) in [7, 11) is 0. The molecule has 1 N–H and O–H groups in total. The van der Waals surface area contributed by atoms with Crippen molar-refractivity contribution in [2.75, 3.05) is 0 Å². The molecule has 8 nitrogen and oxygen atoms in total. The fraction of sp³-hybridized carbons (Fsp3) is 0.0870. The number of H-pyrrole nitrogens is 1. The second-order valence-corrected chi connectivity index (χ2v) is 7.28. The number of aromatic nitrogens is 3. The van der Waals surface area contributed by atoms with Crippen LogP contribution in [0, 0.1) is 10.1 Å². The van der Waals surface area contributed by atoms with Crippen LogP contribution in [0.5, 0.6) is 0 Å². The lowest BCUT2D eigenvalue weighted by molar-refractivity contribution is -0.384. The molecule has 2 aromatic carbocycles. The summed E-state index contributed by atoms with van der Waals surface area (Å²) in [4.78, 5) is 30.1. The maximum Gasteiger partial charge on any atom is 0.273 e. The first kappa shape index (κ1) is 18.7. The lowest BCUT2D eigenvalue weighted by atomic mass is 9.95. The highest BCUT2D eigenvalue weighted by Gasteiger charge is 2.42. The van der Waals surface area contributed by atoms with Crippen LogP contribution in [-0.4, -0.2) is 30.9 Å². The maximum absolute atomic E-state index is 13.3. The lowest BCUT2D eigenvalue weighted by Gasteiger charge is -2.26. The Bertz CT molecular complexity index is 1270. The number of rotatable bonds is 5. The van der Waals surface area contributed by atoms with Crippen LogP contribution in [0.4, 0.5) is 5.69 Å². The maximum atomic E-state index is 13.3. The number of pyridine rings is 1. The molecule has 0 saturated carbocycles. The number of nitrogens with one attached hydrogen (secondary N) is 1. The van der Waals surface area contributed by atoms with Gasteiger partial charge in [0, 0.05) is 42.2 Å². The molecule has 1 unspecified atom stereocenters. The van der Waals surface area contributed by atoms with E-state index in [1.165, 1.54) is 12.1 Å². The Labute approximate surface area is 177 Å². The van der Waals surface area contributed by atoms with Crippen LogP contribution < -0.4 is 0 Å². The van der Waals surface area contributed by atoms with Crippen LogP contribution in [0.15, 0.2) is 79.1 Å². The molecule has 1 aliphatic heterocycles. The van der Waals surface area contributed by atoms with Crippen LogP contribution in [0.1, 0.15) is 33.2 Å². The van der Waals surface area contributed by atoms with Gasteiger partial charge >= 0.3 is 0 Å². The third kappa shape index (κ3) is 3.24. The van der Waals surface area contributed by atoms with Gasteiger partial charge in [-0.1, -0.05) is 48.5 Å². The predicted octanol–water partition coefficient (Wildman–Crippen LogP) is 4.13. The number of nitro groups is 1. The summed E-state index contributed by atoms with van der Waals surface area (Å²) in [5, 5.41) is 18.7. The third-order valence-electron chi connectivity index (χ3n) is 5.38. The molecule has 31 heavy (non-hydrogen) atoms. The molecule has 0 fully saturated rings. The van der Waals surface area contributed by atoms with E-state index in [1.54, 1.807) is 29.4 Å². The van der Waals surface area contributed by atoms with Gasteiger partial charge in [0.05, 0.1) is 16.7 Å². The number of amides is 1. The number of hydrogen-bond acceptors (Lipinski definition) is 5. The minimum atomic E-state index is -0.517. The first-order valence-electron chi connectivity index (χ1n) is 9.71. The van der Waals surface area contributed by atoms with Gasteiger partial charge in [0.25, 0.3) is 11.6 Å². The van der Waals surface area contributed by atoms with Gasteiger partial charge in [-0.05, 0) is 17.2 Å². The van der Waals surface area contributed by atoms with Crippen LogP contribution >= 0.6 is 0 Å². The topological polar surface area (TPSA) is 105 Å². The van der Waals surface area contributed by atoms with E-state index in [0.29, 0.717) is 23.5 Å². The van der Waals surface area contributed by atoms with E-state index < -0.39 is 11.0 Å². The van der Waals surface area contributed by atoms with Crippen molar-refractivity contribution in [1.82, 2.24) is 20.1 Å². The highest BCUT2D eigenvalue weighted by Crippen LogP contribution is 2.43. The van der Waals surface area contributed by atoms with Gasteiger partial charge in [-0.3, -0.25) is 25.0 Å². The summed E-state index contributed by atoms with van der Waals surface area (Å²) in [6, 6.07) is 19.2. The molecule has 1 atom stereocenters. The molecular weight excluding hydrogens is 394 g/mol. The van der Waals surface area contributed by atoms with E-state index in [-0.39, 0.29) is 11.6 Å². The van der Waals surface area contributed by atoms with Crippen molar-refractivity contribution in [2.24, 2.45) is 0 Å². The largest absolute Gasteiger partial charge is 0.322 e. The Morgan fingerprint density at radius 1 is 1.06 bits per heavy atom. The summed E-state index contributed by atoms with van der Waals surface area (Å²) >= 11 is 0. The Morgan fingerprint density at radius 2 is 1.90 bits per heavy atom. The van der Waals surface area contributed by atoms with Crippen LogP contribution in [-0.2, 0) is 6.54 Å². The number of fused-ring (bicyclic) bond motifs is 1. The second-order valence-electron chi connectivity index (χ2n) is 7.28. The highest BCUT2D eigenvalue weighted by atomic mass is 16.6. The number of hydrogen-bond donors (Lipinski definition) is 1. The number of non-ortho nitro benzene ring substituents is 1. The fourth-order valence-electron chi connectivity index (χ4n) is 4.02. The molecule has 1 amide bonds. The summed E-state index contributed by atoms with van der Waals surface area (Å²) in [5.41, 5.74) is 4.15. The molecule has 5 rings (SSSR count). The van der Waals surface area contributed by atoms with Crippen molar-refractivity contribution in [3.8, 4) is 11.3 Å². The third-order valence-corrected chi connectivity index (χ3v) is 5.38. The summed E-state index contributed by atoms with van der Waals surface area (Å²) in [5.74, 6) is -0.204. The molecule has 8 heteroatoms. The fourth-order valence-corrected chi connectivity index (χ4v) is 4.02. The normalized spacial score (nSPS) is 15.2. The van der Waals surface area contributed by atoms with Gasteiger partial charge in [0.1, 0.15) is 5.69 Å². The Kier molecular flexibility index (Phi) is 4.51. The molecule has 0 spiro atoms. The second kappa shape index (κ2) is 7.49. The van der Waals surface area contributed by atoms with Gasteiger partial charge in [-0.15, -0.1) is 0 Å². The van der Waals surface area contributed by atoms with Crippen molar-refractivity contribution in [1.29, 1.82) is 0 Å². The summed E-state index contributed by atoms with van der Waals surface area (Å²) in [6.07, 6.45) is 3.38. The number of nitro benzene ring substituents is 1. The molecule has 3 heterocycles. The van der Waals surface area contributed by atoms with Gasteiger partial charge in [0.15, 0.2) is 0 Å². The van der Waals surface area contributed by atoms with E-state index in [1.807, 2.05) is 42.5 Å². The predicted molar refractivity (Wildman–Crippen MR) is 113 cm³/mol. The molecule has 0 radical (unpaired) electrons. The molecule has 0 bridgehead atoms. The average Bonchev–Trinajstić information content (AvgIpc) is 3.34. The van der Waals surface area contributed by atoms with Crippen molar-refractivity contribution >= 4 is 11.6 Å². The van der Waals surface area contributed by atoms with E-state index in [9.17, 15) is 14.9 Å². The Hall–Kier alpha value is -4.33. The number of carbonyl (C=O) groups is 1. The molecule has 2 aromatic heterocycles. The molecule has 0 aliphatic carbocycles. The van der Waals surface area contributed by atoms with Gasteiger partial charge in [0.2, 0.25) is 0 Å². The van der Waals surface area contributed by atoms with Gasteiger partial charge in [-0.2, -0.15) is 5.10 Å². The molecule has 1 aliphatic rings. The zero-order valence-electron chi connectivity index (χ0n) is 16.3. The number of nitrogens with zero attached hydrogens (tertiary/aromatic N) is 4. The van der Waals surface area contributed by atoms with E-state index >= 15 is 0 Å². The van der Waals surface area contributed by atoms with Crippen molar-refractivity contribution in [3.63, 3.8) is 0 Å². The van der Waals surface area contributed by atoms with Crippen molar-refractivity contribution in [2.45, 2.75) is 12.6 Å². The van der Waals surface area contributed by atoms with Gasteiger partial charge < -0.3 is 4.90 Å². The van der Waals surface area contributed by atoms with E-state index in [2.05, 4.69) is 15.2 Å². The Balaban J connectivity index is 1.67. The smallest absolute Gasteiger partial charge is 0.273 e. The summed E-state index contributed by atoms with van der Waals surface area (Å²) in [6.45, 7) is 0.316. The monoisotopic (exact) mass is 411 g/mol. The average molecular weight is 411 g/mol. The molecule has 0 saturated heterocycles. The minimum Gasteiger partial charge on any atom is -0.322 e. The van der Waals surface area contributed by atoms with Crippen LogP contribution in [0.3, 0.4) is 0 Å².